The molecule has 2 aromatic rings. The zero-order chi connectivity index (χ0) is 14.0. The minimum absolute atomic E-state index is 0.304. The van der Waals surface area contributed by atoms with Gasteiger partial charge in [-0.15, -0.1) is 22.9 Å². The Kier molecular flexibility index (Phi) is 5.17. The van der Waals surface area contributed by atoms with Crippen LogP contribution in [0.2, 0.25) is 0 Å². The van der Waals surface area contributed by atoms with E-state index in [1.165, 1.54) is 0 Å². The molecule has 1 atom stereocenters. The van der Waals surface area contributed by atoms with Gasteiger partial charge >= 0.3 is 0 Å². The molecule has 1 aromatic carbocycles. The highest BCUT2D eigenvalue weighted by Gasteiger charge is 2.21. The summed E-state index contributed by atoms with van der Waals surface area (Å²) < 4.78 is 12.6. The fourth-order valence-corrected chi connectivity index (χ4v) is 5.17. The van der Waals surface area contributed by atoms with Crippen molar-refractivity contribution in [2.75, 3.05) is 14.2 Å². The second-order valence-corrected chi connectivity index (χ2v) is 7.94. The number of hydrogen-bond donors (Lipinski definition) is 0. The fourth-order valence-electron chi connectivity index (χ4n) is 1.73. The van der Waals surface area contributed by atoms with E-state index in [1.54, 1.807) is 25.6 Å². The highest BCUT2D eigenvalue weighted by Crippen LogP contribution is 2.44. The van der Waals surface area contributed by atoms with Gasteiger partial charge in [0.05, 0.1) is 27.2 Å². The normalized spacial score (nSPS) is 12.3. The van der Waals surface area contributed by atoms with Gasteiger partial charge in [-0.2, -0.15) is 0 Å². The molecule has 2 rings (SSSR count). The molecule has 1 aromatic heterocycles. The maximum atomic E-state index is 6.58. The van der Waals surface area contributed by atoms with Crippen LogP contribution in [0.5, 0.6) is 11.5 Å². The van der Waals surface area contributed by atoms with Crippen LogP contribution in [-0.2, 0) is 0 Å². The van der Waals surface area contributed by atoms with E-state index < -0.39 is 0 Å². The molecule has 1 heterocycles. The molecule has 6 heteroatoms. The van der Waals surface area contributed by atoms with Crippen LogP contribution in [0, 0.1) is 0 Å². The van der Waals surface area contributed by atoms with Gasteiger partial charge in [0.2, 0.25) is 0 Å². The number of benzene rings is 1. The van der Waals surface area contributed by atoms with E-state index in [4.69, 9.17) is 21.1 Å². The van der Waals surface area contributed by atoms with E-state index in [0.29, 0.717) is 0 Å². The smallest absolute Gasteiger partial charge is 0.124 e. The Bertz CT molecular complexity index is 586. The largest absolute Gasteiger partial charge is 0.497 e. The molecule has 2 nitrogen and oxygen atoms in total. The van der Waals surface area contributed by atoms with Crippen molar-refractivity contribution in [3.8, 4) is 11.5 Å². The van der Waals surface area contributed by atoms with Crippen molar-refractivity contribution >= 4 is 54.8 Å². The van der Waals surface area contributed by atoms with Crippen LogP contribution in [0.25, 0.3) is 0 Å². The minimum Gasteiger partial charge on any atom is -0.497 e. The Labute approximate surface area is 137 Å². The fraction of sp³-hybridized carbons (Fsp3) is 0.231. The predicted octanol–water partition coefficient (Wildman–Crippen LogP) is 5.62. The topological polar surface area (TPSA) is 18.5 Å². The van der Waals surface area contributed by atoms with Gasteiger partial charge in [0.15, 0.2) is 0 Å². The third-order valence-corrected chi connectivity index (χ3v) is 5.52. The minimum atomic E-state index is -0.304. The number of halogens is 3. The summed E-state index contributed by atoms with van der Waals surface area (Å²) in [6, 6.07) is 7.61. The molecule has 0 spiro atoms. The first-order chi connectivity index (χ1) is 9.06. The van der Waals surface area contributed by atoms with Crippen molar-refractivity contribution in [1.82, 2.24) is 0 Å². The summed E-state index contributed by atoms with van der Waals surface area (Å²) in [4.78, 5) is 0. The number of hydrogen-bond acceptors (Lipinski definition) is 3. The van der Waals surface area contributed by atoms with Crippen molar-refractivity contribution in [3.05, 3.63) is 43.0 Å². The van der Waals surface area contributed by atoms with Crippen LogP contribution in [0.4, 0.5) is 0 Å². The molecule has 0 saturated heterocycles. The van der Waals surface area contributed by atoms with Crippen LogP contribution in [0.1, 0.15) is 16.5 Å². The average molecular weight is 427 g/mol. The monoisotopic (exact) mass is 424 g/mol. The average Bonchev–Trinajstić information content (AvgIpc) is 2.76. The Morgan fingerprint density at radius 3 is 2.37 bits per heavy atom. The predicted molar refractivity (Wildman–Crippen MR) is 87.0 cm³/mol. The molecule has 0 saturated carbocycles. The van der Waals surface area contributed by atoms with Gasteiger partial charge < -0.3 is 9.47 Å². The molecule has 0 aliphatic carbocycles. The van der Waals surface area contributed by atoms with E-state index in [0.717, 1.165) is 30.2 Å². The molecule has 19 heavy (non-hydrogen) atoms. The molecule has 0 amide bonds. The van der Waals surface area contributed by atoms with Crippen molar-refractivity contribution in [2.45, 2.75) is 5.38 Å². The molecule has 1 unspecified atom stereocenters. The van der Waals surface area contributed by atoms with Crippen LogP contribution in [0.15, 0.2) is 31.8 Å². The van der Waals surface area contributed by atoms with E-state index in [1.807, 2.05) is 24.3 Å². The Balaban J connectivity index is 2.47. The van der Waals surface area contributed by atoms with Crippen LogP contribution < -0.4 is 9.47 Å². The lowest BCUT2D eigenvalue weighted by atomic mass is 10.1. The summed E-state index contributed by atoms with van der Waals surface area (Å²) in [7, 11) is 3.26. The number of alkyl halides is 1. The lowest BCUT2D eigenvalue weighted by Gasteiger charge is -2.15. The van der Waals surface area contributed by atoms with Crippen molar-refractivity contribution in [1.29, 1.82) is 0 Å². The number of thiophene rings is 1. The van der Waals surface area contributed by atoms with Crippen LogP contribution in [-0.4, -0.2) is 14.2 Å². The Morgan fingerprint density at radius 2 is 1.84 bits per heavy atom. The first kappa shape index (κ1) is 15.2. The highest BCUT2D eigenvalue weighted by atomic mass is 79.9. The second kappa shape index (κ2) is 6.48. The van der Waals surface area contributed by atoms with Gasteiger partial charge in [0.1, 0.15) is 11.5 Å². The molecule has 0 fully saturated rings. The molecule has 0 N–H and O–H groups in total. The standard InChI is InChI=1S/C13H11Br2ClO2S/c1-17-7-3-4-10(18-2)8(5-7)12(16)9-6-11(14)19-13(9)15/h3-6,12H,1-2H3. The SMILES string of the molecule is COc1ccc(OC)c(C(Cl)c2cc(Br)sc2Br)c1. The zero-order valence-corrected chi connectivity index (χ0v) is 15.0. The maximum Gasteiger partial charge on any atom is 0.124 e. The van der Waals surface area contributed by atoms with Crippen LogP contribution >= 0.6 is 54.8 Å². The third kappa shape index (κ3) is 3.27. The van der Waals surface area contributed by atoms with Crippen molar-refractivity contribution in [3.63, 3.8) is 0 Å². The Hall–Kier alpha value is -0.230. The molecule has 0 bridgehead atoms. The molecule has 0 aliphatic heterocycles. The quantitative estimate of drug-likeness (QED) is 0.591. The summed E-state index contributed by atoms with van der Waals surface area (Å²) in [6.07, 6.45) is 0. The van der Waals surface area contributed by atoms with Gasteiger partial charge in [-0.3, -0.25) is 0 Å². The van der Waals surface area contributed by atoms with E-state index in [-0.39, 0.29) is 5.38 Å². The van der Waals surface area contributed by atoms with Crippen LogP contribution in [0.3, 0.4) is 0 Å². The number of rotatable bonds is 4. The molecule has 0 aliphatic rings. The summed E-state index contributed by atoms with van der Waals surface area (Å²) >= 11 is 15.2. The van der Waals surface area contributed by atoms with Gasteiger partial charge in [-0.1, -0.05) is 0 Å². The first-order valence-electron chi connectivity index (χ1n) is 5.37. The van der Waals surface area contributed by atoms with Gasteiger partial charge in [-0.25, -0.2) is 0 Å². The summed E-state index contributed by atoms with van der Waals surface area (Å²) in [6.45, 7) is 0. The summed E-state index contributed by atoms with van der Waals surface area (Å²) in [5, 5.41) is -0.304. The number of ether oxygens (including phenoxy) is 2. The Morgan fingerprint density at radius 1 is 1.11 bits per heavy atom. The number of methoxy groups -OCH3 is 2. The van der Waals surface area contributed by atoms with E-state index >= 15 is 0 Å². The molecular formula is C13H11Br2ClO2S. The zero-order valence-electron chi connectivity index (χ0n) is 10.2. The maximum absolute atomic E-state index is 6.58. The second-order valence-electron chi connectivity index (χ2n) is 3.75. The molecular weight excluding hydrogens is 415 g/mol. The summed E-state index contributed by atoms with van der Waals surface area (Å²) in [5.41, 5.74) is 1.89. The lowest BCUT2D eigenvalue weighted by Crippen LogP contribution is -1.98. The van der Waals surface area contributed by atoms with E-state index in [2.05, 4.69) is 31.9 Å². The summed E-state index contributed by atoms with van der Waals surface area (Å²) in [5.74, 6) is 1.50. The first-order valence-corrected chi connectivity index (χ1v) is 8.21. The lowest BCUT2D eigenvalue weighted by molar-refractivity contribution is 0.399. The van der Waals surface area contributed by atoms with Gasteiger partial charge in [0.25, 0.3) is 0 Å². The molecule has 102 valence electrons. The highest BCUT2D eigenvalue weighted by molar-refractivity contribution is 9.12. The van der Waals surface area contributed by atoms with Crippen molar-refractivity contribution in [2.24, 2.45) is 0 Å². The van der Waals surface area contributed by atoms with Gasteiger partial charge in [0, 0.05) is 11.1 Å². The van der Waals surface area contributed by atoms with Crippen molar-refractivity contribution < 1.29 is 9.47 Å². The van der Waals surface area contributed by atoms with Gasteiger partial charge in [-0.05, 0) is 56.1 Å². The third-order valence-electron chi connectivity index (χ3n) is 2.67. The van der Waals surface area contributed by atoms with E-state index in [9.17, 15) is 0 Å². The molecule has 0 radical (unpaired) electrons.